The monoisotopic (exact) mass is 398 g/mol. The fourth-order valence-corrected chi connectivity index (χ4v) is 2.93. The first-order valence-electron chi connectivity index (χ1n) is 8.19. The van der Waals surface area contributed by atoms with E-state index in [0.717, 1.165) is 0 Å². The Bertz CT molecular complexity index is 975. The van der Waals surface area contributed by atoms with Gasteiger partial charge in [0.1, 0.15) is 5.82 Å². The maximum atomic E-state index is 11.7. The standard InChI is InChI=1S/C19H18N4O4S/c1-26-14-8-7-12(10-21-23-19-22-16(20)11-28-19)9-15(14)27-17(18(24)25)13-5-3-2-4-6-13/h2-11,17H,20H2,1H3,(H,22,23)(H,24,25). The lowest BCUT2D eigenvalue weighted by atomic mass is 10.1. The Morgan fingerprint density at radius 1 is 1.29 bits per heavy atom. The van der Waals surface area contributed by atoms with Crippen LogP contribution in [0.1, 0.15) is 17.2 Å². The van der Waals surface area contributed by atoms with Crippen molar-refractivity contribution in [3.63, 3.8) is 0 Å². The number of carboxylic acid groups (broad SMARTS) is 1. The molecule has 0 aliphatic carbocycles. The fourth-order valence-electron chi connectivity index (χ4n) is 2.38. The van der Waals surface area contributed by atoms with Crippen molar-refractivity contribution >= 4 is 34.5 Å². The summed E-state index contributed by atoms with van der Waals surface area (Å²) < 4.78 is 11.1. The van der Waals surface area contributed by atoms with Gasteiger partial charge < -0.3 is 20.3 Å². The molecule has 0 aliphatic heterocycles. The summed E-state index contributed by atoms with van der Waals surface area (Å²) in [6, 6.07) is 13.8. The number of methoxy groups -OCH3 is 1. The predicted octanol–water partition coefficient (Wildman–Crippen LogP) is 3.38. The van der Waals surface area contributed by atoms with Crippen LogP contribution in [-0.2, 0) is 4.79 Å². The molecule has 2 aromatic carbocycles. The van der Waals surface area contributed by atoms with Gasteiger partial charge in [-0.2, -0.15) is 5.10 Å². The van der Waals surface area contributed by atoms with Crippen LogP contribution in [0.15, 0.2) is 59.0 Å². The second-order valence-corrected chi connectivity index (χ2v) is 6.46. The van der Waals surface area contributed by atoms with Crippen molar-refractivity contribution in [2.75, 3.05) is 18.3 Å². The molecule has 1 aromatic heterocycles. The van der Waals surface area contributed by atoms with Gasteiger partial charge in [-0.05, 0) is 23.8 Å². The molecule has 0 amide bonds. The average Bonchev–Trinajstić information content (AvgIpc) is 3.12. The fraction of sp³-hybridized carbons (Fsp3) is 0.105. The highest BCUT2D eigenvalue weighted by atomic mass is 32.1. The number of anilines is 2. The normalized spacial score (nSPS) is 11.9. The SMILES string of the molecule is COc1ccc(C=NNc2nc(N)cs2)cc1OC(C(=O)O)c1ccccc1. The molecule has 0 aliphatic rings. The molecule has 28 heavy (non-hydrogen) atoms. The summed E-state index contributed by atoms with van der Waals surface area (Å²) in [4.78, 5) is 15.7. The highest BCUT2D eigenvalue weighted by molar-refractivity contribution is 7.14. The Labute approximate surface area is 165 Å². The lowest BCUT2D eigenvalue weighted by Gasteiger charge is -2.17. The Kier molecular flexibility index (Phi) is 6.07. The number of carboxylic acids is 1. The molecular formula is C19H18N4O4S. The predicted molar refractivity (Wildman–Crippen MR) is 108 cm³/mol. The van der Waals surface area contributed by atoms with Crippen LogP contribution in [0.2, 0.25) is 0 Å². The van der Waals surface area contributed by atoms with Crippen LogP contribution in [0, 0.1) is 0 Å². The summed E-state index contributed by atoms with van der Waals surface area (Å²) in [5.74, 6) is 0.0278. The van der Waals surface area contributed by atoms with E-state index in [1.807, 2.05) is 6.07 Å². The van der Waals surface area contributed by atoms with Crippen LogP contribution in [0.4, 0.5) is 10.9 Å². The maximum absolute atomic E-state index is 11.7. The Balaban J connectivity index is 1.81. The third kappa shape index (κ3) is 4.77. The number of thiazole rings is 1. The zero-order chi connectivity index (χ0) is 19.9. The minimum absolute atomic E-state index is 0.293. The number of hydrogen-bond donors (Lipinski definition) is 3. The van der Waals surface area contributed by atoms with Crippen molar-refractivity contribution < 1.29 is 19.4 Å². The Hall–Kier alpha value is -3.59. The van der Waals surface area contributed by atoms with Crippen LogP contribution in [0.25, 0.3) is 0 Å². The van der Waals surface area contributed by atoms with Crippen molar-refractivity contribution in [2.24, 2.45) is 5.10 Å². The van der Waals surface area contributed by atoms with E-state index in [1.54, 1.807) is 54.1 Å². The minimum Gasteiger partial charge on any atom is -0.493 e. The molecule has 1 atom stereocenters. The first-order chi connectivity index (χ1) is 13.6. The molecule has 0 spiro atoms. The number of ether oxygens (including phenoxy) is 2. The van der Waals surface area contributed by atoms with E-state index in [1.165, 1.54) is 18.4 Å². The van der Waals surface area contributed by atoms with Gasteiger partial charge in [-0.15, -0.1) is 11.3 Å². The molecule has 144 valence electrons. The first kappa shape index (κ1) is 19.2. The molecular weight excluding hydrogens is 380 g/mol. The van der Waals surface area contributed by atoms with Crippen molar-refractivity contribution in [3.05, 3.63) is 65.0 Å². The maximum Gasteiger partial charge on any atom is 0.349 e. The van der Waals surface area contributed by atoms with Gasteiger partial charge in [0.2, 0.25) is 11.2 Å². The summed E-state index contributed by atoms with van der Waals surface area (Å²) in [6.07, 6.45) is 0.390. The molecule has 3 rings (SSSR count). The zero-order valence-electron chi connectivity index (χ0n) is 14.9. The lowest BCUT2D eigenvalue weighted by Crippen LogP contribution is -2.18. The van der Waals surface area contributed by atoms with Crippen LogP contribution in [-0.4, -0.2) is 29.4 Å². The highest BCUT2D eigenvalue weighted by Crippen LogP contribution is 2.32. The van der Waals surface area contributed by atoms with E-state index in [-0.39, 0.29) is 0 Å². The van der Waals surface area contributed by atoms with E-state index in [4.69, 9.17) is 15.2 Å². The number of benzene rings is 2. The molecule has 0 radical (unpaired) electrons. The van der Waals surface area contributed by atoms with Crippen molar-refractivity contribution in [3.8, 4) is 11.5 Å². The molecule has 8 nitrogen and oxygen atoms in total. The molecule has 4 N–H and O–H groups in total. The van der Waals surface area contributed by atoms with Crippen LogP contribution >= 0.6 is 11.3 Å². The van der Waals surface area contributed by atoms with Crippen LogP contribution < -0.4 is 20.6 Å². The number of nitrogens with one attached hydrogen (secondary N) is 1. The third-order valence-corrected chi connectivity index (χ3v) is 4.42. The van der Waals surface area contributed by atoms with Crippen molar-refractivity contribution in [1.82, 2.24) is 4.98 Å². The van der Waals surface area contributed by atoms with Gasteiger partial charge in [0.15, 0.2) is 11.5 Å². The summed E-state index contributed by atoms with van der Waals surface area (Å²) in [6.45, 7) is 0. The van der Waals surface area contributed by atoms with E-state index < -0.39 is 12.1 Å². The third-order valence-electron chi connectivity index (χ3n) is 3.65. The van der Waals surface area contributed by atoms with E-state index in [9.17, 15) is 9.90 Å². The van der Waals surface area contributed by atoms with Gasteiger partial charge in [0.05, 0.1) is 13.3 Å². The number of nitrogens with zero attached hydrogens (tertiary/aromatic N) is 2. The van der Waals surface area contributed by atoms with E-state index >= 15 is 0 Å². The second-order valence-electron chi connectivity index (χ2n) is 5.60. The molecule has 0 bridgehead atoms. The summed E-state index contributed by atoms with van der Waals surface area (Å²) in [5.41, 5.74) is 9.55. The number of nitrogens with two attached hydrogens (primary N) is 1. The van der Waals surface area contributed by atoms with Gasteiger partial charge in [0.25, 0.3) is 0 Å². The van der Waals surface area contributed by atoms with Gasteiger partial charge in [-0.1, -0.05) is 30.3 Å². The molecule has 9 heteroatoms. The second kappa shape index (κ2) is 8.87. The van der Waals surface area contributed by atoms with Gasteiger partial charge in [0, 0.05) is 10.9 Å². The number of aliphatic carboxylic acids is 1. The average molecular weight is 398 g/mol. The van der Waals surface area contributed by atoms with Crippen molar-refractivity contribution in [2.45, 2.75) is 6.10 Å². The minimum atomic E-state index is -1.17. The Morgan fingerprint density at radius 3 is 2.71 bits per heavy atom. The number of carbonyl (C=O) groups is 1. The number of nitrogen functional groups attached to an aromatic ring is 1. The smallest absolute Gasteiger partial charge is 0.349 e. The summed E-state index contributed by atoms with van der Waals surface area (Å²) >= 11 is 1.33. The molecule has 1 unspecified atom stereocenters. The van der Waals surface area contributed by atoms with Gasteiger partial charge in [-0.3, -0.25) is 5.43 Å². The van der Waals surface area contributed by atoms with E-state index in [0.29, 0.717) is 33.6 Å². The molecule has 0 saturated heterocycles. The molecule has 0 fully saturated rings. The van der Waals surface area contributed by atoms with Crippen LogP contribution in [0.5, 0.6) is 11.5 Å². The molecule has 3 aromatic rings. The van der Waals surface area contributed by atoms with Crippen molar-refractivity contribution in [1.29, 1.82) is 0 Å². The summed E-state index contributed by atoms with van der Waals surface area (Å²) in [7, 11) is 1.49. The lowest BCUT2D eigenvalue weighted by molar-refractivity contribution is -0.145. The number of hydrogen-bond acceptors (Lipinski definition) is 8. The number of rotatable bonds is 8. The quantitative estimate of drug-likeness (QED) is 0.393. The summed E-state index contributed by atoms with van der Waals surface area (Å²) in [5, 5.41) is 15.9. The zero-order valence-corrected chi connectivity index (χ0v) is 15.7. The largest absolute Gasteiger partial charge is 0.493 e. The van der Waals surface area contributed by atoms with Gasteiger partial charge >= 0.3 is 5.97 Å². The highest BCUT2D eigenvalue weighted by Gasteiger charge is 2.23. The van der Waals surface area contributed by atoms with E-state index in [2.05, 4.69) is 15.5 Å². The van der Waals surface area contributed by atoms with Gasteiger partial charge in [-0.25, -0.2) is 9.78 Å². The number of aromatic nitrogens is 1. The topological polar surface area (TPSA) is 119 Å². The number of hydrazone groups is 1. The first-order valence-corrected chi connectivity index (χ1v) is 9.07. The Morgan fingerprint density at radius 2 is 2.07 bits per heavy atom. The van der Waals surface area contributed by atoms with Crippen LogP contribution in [0.3, 0.4) is 0 Å². The molecule has 0 saturated carbocycles. The molecule has 1 heterocycles.